The van der Waals surface area contributed by atoms with Crippen LogP contribution in [0.25, 0.3) is 0 Å². The van der Waals surface area contributed by atoms with Crippen LogP contribution in [0.4, 0.5) is 0 Å². The standard InChI is InChI=1S/C10H13NO3/c1-7(5-6-14-8(2)12)9-3-4-10(13)11-9/h7,9H,3-4H2,1-2H3,(H,11,13). The first kappa shape index (κ1) is 10.6. The summed E-state index contributed by atoms with van der Waals surface area (Å²) in [6.07, 6.45) is 3.69. The third-order valence-corrected chi connectivity index (χ3v) is 2.11. The van der Waals surface area contributed by atoms with Crippen LogP contribution in [0, 0.1) is 17.9 Å². The highest BCUT2D eigenvalue weighted by Gasteiger charge is 2.24. The molecule has 1 aliphatic heterocycles. The predicted octanol–water partition coefficient (Wildman–Crippen LogP) is 0.425. The van der Waals surface area contributed by atoms with E-state index in [1.807, 2.05) is 6.92 Å². The minimum Gasteiger partial charge on any atom is -0.372 e. The molecule has 0 aromatic heterocycles. The summed E-state index contributed by atoms with van der Waals surface area (Å²) in [5.41, 5.74) is 0. The van der Waals surface area contributed by atoms with Gasteiger partial charge in [-0.25, -0.2) is 0 Å². The van der Waals surface area contributed by atoms with Crippen LogP contribution < -0.4 is 5.32 Å². The normalized spacial score (nSPS) is 21.9. The lowest BCUT2D eigenvalue weighted by Crippen LogP contribution is -2.30. The van der Waals surface area contributed by atoms with Gasteiger partial charge in [-0.2, -0.15) is 0 Å². The second kappa shape index (κ2) is 4.66. The zero-order valence-electron chi connectivity index (χ0n) is 8.29. The molecule has 1 rings (SSSR count). The number of ether oxygens (including phenoxy) is 1. The fourth-order valence-electron chi connectivity index (χ4n) is 1.31. The van der Waals surface area contributed by atoms with Crippen molar-refractivity contribution < 1.29 is 14.3 Å². The summed E-state index contributed by atoms with van der Waals surface area (Å²) in [7, 11) is 0. The molecule has 1 aliphatic rings. The topological polar surface area (TPSA) is 55.4 Å². The quantitative estimate of drug-likeness (QED) is 0.487. The molecule has 76 valence electrons. The Bertz CT molecular complexity index is 300. The van der Waals surface area contributed by atoms with E-state index in [2.05, 4.69) is 22.1 Å². The lowest BCUT2D eigenvalue weighted by atomic mass is 10.0. The molecule has 2 unspecified atom stereocenters. The van der Waals surface area contributed by atoms with E-state index in [-0.39, 0.29) is 17.9 Å². The molecule has 0 aromatic rings. The highest BCUT2D eigenvalue weighted by atomic mass is 16.5. The Morgan fingerprint density at radius 2 is 2.43 bits per heavy atom. The highest BCUT2D eigenvalue weighted by molar-refractivity contribution is 5.78. The van der Waals surface area contributed by atoms with E-state index in [9.17, 15) is 9.59 Å². The van der Waals surface area contributed by atoms with Crippen molar-refractivity contribution >= 4 is 11.9 Å². The van der Waals surface area contributed by atoms with Crippen LogP contribution in [0.2, 0.25) is 0 Å². The Kier molecular flexibility index (Phi) is 3.52. The van der Waals surface area contributed by atoms with E-state index >= 15 is 0 Å². The van der Waals surface area contributed by atoms with Crippen LogP contribution in [-0.2, 0) is 14.3 Å². The molecule has 0 spiro atoms. The third-order valence-electron chi connectivity index (χ3n) is 2.11. The van der Waals surface area contributed by atoms with Gasteiger partial charge in [0.15, 0.2) is 0 Å². The van der Waals surface area contributed by atoms with Crippen molar-refractivity contribution in [2.75, 3.05) is 0 Å². The van der Waals surface area contributed by atoms with E-state index in [4.69, 9.17) is 0 Å². The maximum atomic E-state index is 10.9. The third kappa shape index (κ3) is 3.09. The van der Waals surface area contributed by atoms with Crippen LogP contribution in [0.3, 0.4) is 0 Å². The molecule has 0 bridgehead atoms. The molecule has 1 amide bonds. The molecule has 0 saturated carbocycles. The minimum absolute atomic E-state index is 0.0146. The number of hydrogen-bond acceptors (Lipinski definition) is 3. The Morgan fingerprint density at radius 3 is 2.93 bits per heavy atom. The van der Waals surface area contributed by atoms with E-state index in [1.54, 1.807) is 0 Å². The second-order valence-electron chi connectivity index (χ2n) is 3.34. The molecule has 4 nitrogen and oxygen atoms in total. The fourth-order valence-corrected chi connectivity index (χ4v) is 1.31. The number of rotatable bonds is 1. The maximum absolute atomic E-state index is 10.9. The van der Waals surface area contributed by atoms with Gasteiger partial charge >= 0.3 is 5.97 Å². The van der Waals surface area contributed by atoms with E-state index in [1.165, 1.54) is 6.92 Å². The summed E-state index contributed by atoms with van der Waals surface area (Å²) >= 11 is 0. The van der Waals surface area contributed by atoms with Gasteiger partial charge in [0.25, 0.3) is 0 Å². The predicted molar refractivity (Wildman–Crippen MR) is 49.9 cm³/mol. The van der Waals surface area contributed by atoms with Gasteiger partial charge in [-0.3, -0.25) is 9.59 Å². The van der Waals surface area contributed by atoms with Gasteiger partial charge in [-0.05, 0) is 13.3 Å². The van der Waals surface area contributed by atoms with Crippen molar-refractivity contribution in [3.8, 4) is 12.0 Å². The van der Waals surface area contributed by atoms with Gasteiger partial charge in [0.2, 0.25) is 5.91 Å². The molecule has 1 N–H and O–H groups in total. The molecule has 1 fully saturated rings. The number of nitrogens with one attached hydrogen (secondary N) is 1. The van der Waals surface area contributed by atoms with Crippen molar-refractivity contribution in [2.45, 2.75) is 32.7 Å². The van der Waals surface area contributed by atoms with Crippen molar-refractivity contribution in [2.24, 2.45) is 5.92 Å². The number of carbonyl (C=O) groups excluding carboxylic acids is 2. The Labute approximate surface area is 83.0 Å². The van der Waals surface area contributed by atoms with Crippen LogP contribution in [0.5, 0.6) is 0 Å². The summed E-state index contributed by atoms with van der Waals surface area (Å²) in [5, 5.41) is 2.81. The molecule has 14 heavy (non-hydrogen) atoms. The van der Waals surface area contributed by atoms with E-state index in [0.29, 0.717) is 6.42 Å². The monoisotopic (exact) mass is 195 g/mol. The molecular weight excluding hydrogens is 182 g/mol. The first-order chi connectivity index (χ1) is 6.59. The van der Waals surface area contributed by atoms with Gasteiger partial charge in [0.1, 0.15) is 6.11 Å². The smallest absolute Gasteiger partial charge is 0.316 e. The summed E-state index contributed by atoms with van der Waals surface area (Å²) in [4.78, 5) is 21.3. The number of carbonyl (C=O) groups is 2. The molecule has 4 heteroatoms. The number of amides is 1. The van der Waals surface area contributed by atoms with Gasteiger partial charge in [0.05, 0.1) is 0 Å². The van der Waals surface area contributed by atoms with Crippen molar-refractivity contribution in [1.29, 1.82) is 0 Å². The first-order valence-electron chi connectivity index (χ1n) is 4.57. The molecule has 2 atom stereocenters. The molecule has 1 heterocycles. The van der Waals surface area contributed by atoms with Crippen molar-refractivity contribution in [3.05, 3.63) is 0 Å². The Balaban J connectivity index is 2.40. The maximum Gasteiger partial charge on any atom is 0.316 e. The Hall–Kier alpha value is -1.50. The Morgan fingerprint density at radius 1 is 1.71 bits per heavy atom. The molecule has 0 aliphatic carbocycles. The van der Waals surface area contributed by atoms with Crippen molar-refractivity contribution in [3.63, 3.8) is 0 Å². The summed E-state index contributed by atoms with van der Waals surface area (Å²) in [6.45, 7) is 3.20. The van der Waals surface area contributed by atoms with Crippen molar-refractivity contribution in [1.82, 2.24) is 5.32 Å². The van der Waals surface area contributed by atoms with Crippen LogP contribution in [0.1, 0.15) is 26.7 Å². The average molecular weight is 195 g/mol. The van der Waals surface area contributed by atoms with Crippen LogP contribution >= 0.6 is 0 Å². The molecular formula is C10H13NO3. The van der Waals surface area contributed by atoms with Gasteiger partial charge in [-0.1, -0.05) is 5.92 Å². The van der Waals surface area contributed by atoms with E-state index < -0.39 is 5.97 Å². The zero-order valence-corrected chi connectivity index (χ0v) is 8.29. The van der Waals surface area contributed by atoms with Gasteiger partial charge < -0.3 is 10.1 Å². The minimum atomic E-state index is -0.417. The SMILES string of the molecule is CC(=O)OC#CC(C)C1CCC(=O)N1. The fraction of sp³-hybridized carbons (Fsp3) is 0.600. The molecule has 0 radical (unpaired) electrons. The zero-order chi connectivity index (χ0) is 10.6. The lowest BCUT2D eigenvalue weighted by Gasteiger charge is -2.12. The average Bonchev–Trinajstić information content (AvgIpc) is 2.51. The number of hydrogen-bond donors (Lipinski definition) is 1. The highest BCUT2D eigenvalue weighted by Crippen LogP contribution is 2.14. The molecule has 0 aromatic carbocycles. The summed E-state index contributed by atoms with van der Waals surface area (Å²) in [5.74, 6) is 2.43. The van der Waals surface area contributed by atoms with Gasteiger partial charge in [-0.15, -0.1) is 0 Å². The summed E-state index contributed by atoms with van der Waals surface area (Å²) in [6, 6.07) is 0.0885. The largest absolute Gasteiger partial charge is 0.372 e. The van der Waals surface area contributed by atoms with Crippen LogP contribution in [-0.4, -0.2) is 17.9 Å². The van der Waals surface area contributed by atoms with Crippen LogP contribution in [0.15, 0.2) is 0 Å². The first-order valence-corrected chi connectivity index (χ1v) is 4.57. The molecule has 1 saturated heterocycles. The lowest BCUT2D eigenvalue weighted by molar-refractivity contribution is -0.134. The summed E-state index contributed by atoms with van der Waals surface area (Å²) < 4.78 is 4.49. The van der Waals surface area contributed by atoms with E-state index in [0.717, 1.165) is 6.42 Å². The number of esters is 1. The van der Waals surface area contributed by atoms with Gasteiger partial charge in [0, 0.05) is 25.3 Å². The second-order valence-corrected chi connectivity index (χ2v) is 3.34.